The van der Waals surface area contributed by atoms with E-state index < -0.39 is 18.6 Å². The lowest BCUT2D eigenvalue weighted by molar-refractivity contribution is -0.162. The van der Waals surface area contributed by atoms with Crippen LogP contribution >= 0.6 is 0 Å². The fourth-order valence-corrected chi connectivity index (χ4v) is 2.04. The lowest BCUT2D eigenvalue weighted by Crippen LogP contribution is -2.38. The summed E-state index contributed by atoms with van der Waals surface area (Å²) in [4.78, 5) is 23.4. The second kappa shape index (κ2) is 9.22. The van der Waals surface area contributed by atoms with Crippen LogP contribution < -0.4 is 5.32 Å². The van der Waals surface area contributed by atoms with Gasteiger partial charge in [0, 0.05) is 19.9 Å². The van der Waals surface area contributed by atoms with Crippen LogP contribution in [0.3, 0.4) is 0 Å². The summed E-state index contributed by atoms with van der Waals surface area (Å²) in [5.41, 5.74) is 0. The van der Waals surface area contributed by atoms with Crippen molar-refractivity contribution in [3.05, 3.63) is 24.2 Å². The van der Waals surface area contributed by atoms with Crippen LogP contribution in [0, 0.1) is 0 Å². The van der Waals surface area contributed by atoms with E-state index in [-0.39, 0.29) is 18.9 Å². The molecule has 0 atom stereocenters. The molecule has 1 N–H and O–H groups in total. The summed E-state index contributed by atoms with van der Waals surface area (Å²) in [6.07, 6.45) is -1.24. The number of amides is 2. The average molecular weight is 334 g/mol. The number of carbonyl (C=O) groups is 2. The SMILES string of the molecule is CC(=O)NCCCCCC(=O)N(Cc1ccco1)CC(F)(F)F. The Labute approximate surface area is 132 Å². The fourth-order valence-electron chi connectivity index (χ4n) is 2.04. The number of nitrogens with one attached hydrogen (secondary N) is 1. The molecule has 1 rings (SSSR count). The van der Waals surface area contributed by atoms with Crippen molar-refractivity contribution in [2.24, 2.45) is 0 Å². The highest BCUT2D eigenvalue weighted by Crippen LogP contribution is 2.19. The van der Waals surface area contributed by atoms with E-state index in [1.165, 1.54) is 19.3 Å². The molecule has 2 amide bonds. The Morgan fingerprint density at radius 3 is 2.57 bits per heavy atom. The maximum atomic E-state index is 12.6. The van der Waals surface area contributed by atoms with Gasteiger partial charge in [0.25, 0.3) is 0 Å². The molecular weight excluding hydrogens is 313 g/mol. The molecule has 0 saturated carbocycles. The molecule has 130 valence electrons. The van der Waals surface area contributed by atoms with Crippen molar-refractivity contribution >= 4 is 11.8 Å². The normalized spacial score (nSPS) is 11.3. The Hall–Kier alpha value is -1.99. The first-order valence-corrected chi connectivity index (χ1v) is 7.39. The Morgan fingerprint density at radius 2 is 2.00 bits per heavy atom. The summed E-state index contributed by atoms with van der Waals surface area (Å²) in [6.45, 7) is 0.422. The van der Waals surface area contributed by atoms with E-state index in [9.17, 15) is 22.8 Å². The third kappa shape index (κ3) is 8.90. The number of hydrogen-bond donors (Lipinski definition) is 1. The highest BCUT2D eigenvalue weighted by molar-refractivity contribution is 5.76. The fraction of sp³-hybridized carbons (Fsp3) is 0.600. The zero-order valence-electron chi connectivity index (χ0n) is 13.0. The first-order valence-electron chi connectivity index (χ1n) is 7.39. The molecule has 0 saturated heterocycles. The molecule has 0 bridgehead atoms. The quantitative estimate of drug-likeness (QED) is 0.706. The van der Waals surface area contributed by atoms with Crippen molar-refractivity contribution < 1.29 is 27.2 Å². The van der Waals surface area contributed by atoms with Gasteiger partial charge in [-0.1, -0.05) is 6.42 Å². The van der Waals surface area contributed by atoms with Gasteiger partial charge in [-0.05, 0) is 25.0 Å². The molecule has 1 aromatic heterocycles. The minimum atomic E-state index is -4.45. The van der Waals surface area contributed by atoms with Crippen LogP contribution in [-0.2, 0) is 16.1 Å². The van der Waals surface area contributed by atoms with E-state index in [1.807, 2.05) is 0 Å². The number of unbranched alkanes of at least 4 members (excludes halogenated alkanes) is 2. The van der Waals surface area contributed by atoms with Crippen LogP contribution in [0.15, 0.2) is 22.8 Å². The van der Waals surface area contributed by atoms with E-state index in [1.54, 1.807) is 6.07 Å². The van der Waals surface area contributed by atoms with Gasteiger partial charge in [0.05, 0.1) is 12.8 Å². The lowest BCUT2D eigenvalue weighted by Gasteiger charge is -2.23. The van der Waals surface area contributed by atoms with E-state index in [0.717, 1.165) is 4.90 Å². The summed E-state index contributed by atoms with van der Waals surface area (Å²) < 4.78 is 42.8. The van der Waals surface area contributed by atoms with Gasteiger partial charge < -0.3 is 14.6 Å². The van der Waals surface area contributed by atoms with Gasteiger partial charge in [-0.25, -0.2) is 0 Å². The zero-order valence-corrected chi connectivity index (χ0v) is 13.0. The van der Waals surface area contributed by atoms with Crippen molar-refractivity contribution in [1.29, 1.82) is 0 Å². The number of alkyl halides is 3. The maximum absolute atomic E-state index is 12.6. The molecule has 1 heterocycles. The molecule has 23 heavy (non-hydrogen) atoms. The third-order valence-corrected chi connectivity index (χ3v) is 3.09. The molecule has 0 aliphatic heterocycles. The van der Waals surface area contributed by atoms with Crippen LogP contribution in [0.4, 0.5) is 13.2 Å². The molecule has 0 spiro atoms. The highest BCUT2D eigenvalue weighted by Gasteiger charge is 2.33. The molecule has 8 heteroatoms. The van der Waals surface area contributed by atoms with Gasteiger partial charge in [0.2, 0.25) is 11.8 Å². The summed E-state index contributed by atoms with van der Waals surface area (Å²) in [5.74, 6) is -0.373. The number of nitrogens with zero attached hydrogens (tertiary/aromatic N) is 1. The number of halogens is 3. The largest absolute Gasteiger partial charge is 0.467 e. The van der Waals surface area contributed by atoms with Crippen LogP contribution in [0.5, 0.6) is 0 Å². The van der Waals surface area contributed by atoms with Gasteiger partial charge >= 0.3 is 6.18 Å². The smallest absolute Gasteiger partial charge is 0.406 e. The first kappa shape index (κ1) is 19.1. The second-order valence-corrected chi connectivity index (χ2v) is 5.24. The van der Waals surface area contributed by atoms with E-state index in [2.05, 4.69) is 5.32 Å². The number of hydrogen-bond acceptors (Lipinski definition) is 3. The van der Waals surface area contributed by atoms with Crippen LogP contribution in [0.25, 0.3) is 0 Å². The van der Waals surface area contributed by atoms with E-state index in [4.69, 9.17) is 4.42 Å². The molecular formula is C15H21F3N2O3. The van der Waals surface area contributed by atoms with E-state index >= 15 is 0 Å². The molecule has 1 aromatic rings. The van der Waals surface area contributed by atoms with Gasteiger partial charge in [-0.15, -0.1) is 0 Å². The molecule has 0 aromatic carbocycles. The maximum Gasteiger partial charge on any atom is 0.406 e. The topological polar surface area (TPSA) is 62.6 Å². The molecule has 0 radical (unpaired) electrons. The molecule has 0 unspecified atom stereocenters. The molecule has 0 aliphatic rings. The predicted molar refractivity (Wildman–Crippen MR) is 77.3 cm³/mol. The summed E-state index contributed by atoms with van der Waals surface area (Å²) in [5, 5.41) is 2.62. The van der Waals surface area contributed by atoms with Crippen molar-refractivity contribution in [3.8, 4) is 0 Å². The highest BCUT2D eigenvalue weighted by atomic mass is 19.4. The van der Waals surface area contributed by atoms with Crippen molar-refractivity contribution in [2.75, 3.05) is 13.1 Å². The monoisotopic (exact) mass is 334 g/mol. The Bertz CT molecular complexity index is 487. The Kier molecular flexibility index (Phi) is 7.64. The number of rotatable bonds is 9. The third-order valence-electron chi connectivity index (χ3n) is 3.09. The van der Waals surface area contributed by atoms with Gasteiger partial charge in [-0.3, -0.25) is 9.59 Å². The van der Waals surface area contributed by atoms with E-state index in [0.29, 0.717) is 31.6 Å². The number of furan rings is 1. The van der Waals surface area contributed by atoms with Gasteiger partial charge in [-0.2, -0.15) is 13.2 Å². The summed E-state index contributed by atoms with van der Waals surface area (Å²) >= 11 is 0. The van der Waals surface area contributed by atoms with Gasteiger partial charge in [0.1, 0.15) is 12.3 Å². The predicted octanol–water partition coefficient (Wildman–Crippen LogP) is 2.87. The minimum Gasteiger partial charge on any atom is -0.467 e. The standard InChI is InChI=1S/C15H21F3N2O3/c1-12(21)19-8-4-2-3-7-14(22)20(11-15(16,17)18)10-13-6-5-9-23-13/h5-6,9H,2-4,7-8,10-11H2,1H3,(H,19,21). The van der Waals surface area contributed by atoms with Crippen molar-refractivity contribution in [3.63, 3.8) is 0 Å². The molecule has 0 aliphatic carbocycles. The summed E-state index contributed by atoms with van der Waals surface area (Å²) in [7, 11) is 0. The minimum absolute atomic E-state index is 0.0386. The zero-order chi connectivity index (χ0) is 17.3. The first-order chi connectivity index (χ1) is 10.8. The summed E-state index contributed by atoms with van der Waals surface area (Å²) in [6, 6.07) is 3.09. The van der Waals surface area contributed by atoms with Gasteiger partial charge in [0.15, 0.2) is 0 Å². The van der Waals surface area contributed by atoms with Crippen LogP contribution in [0.2, 0.25) is 0 Å². The van der Waals surface area contributed by atoms with Crippen molar-refractivity contribution in [1.82, 2.24) is 10.2 Å². The number of carbonyl (C=O) groups excluding carboxylic acids is 2. The molecule has 5 nitrogen and oxygen atoms in total. The second-order valence-electron chi connectivity index (χ2n) is 5.24. The Balaban J connectivity index is 2.40. The average Bonchev–Trinajstić information content (AvgIpc) is 2.92. The molecule has 0 fully saturated rings. The lowest BCUT2D eigenvalue weighted by atomic mass is 10.1. The van der Waals surface area contributed by atoms with Crippen LogP contribution in [0.1, 0.15) is 38.4 Å². The van der Waals surface area contributed by atoms with Crippen LogP contribution in [-0.4, -0.2) is 36.0 Å². The Morgan fingerprint density at radius 1 is 1.26 bits per heavy atom. The van der Waals surface area contributed by atoms with Crippen molar-refractivity contribution in [2.45, 2.75) is 45.3 Å².